The Morgan fingerprint density at radius 1 is 1.37 bits per heavy atom. The van der Waals surface area contributed by atoms with Crippen LogP contribution in [-0.2, 0) is 18.3 Å². The number of aromatic hydroxyl groups is 1. The molecular formula is C18H21FN4O4. The topological polar surface area (TPSA) is 96.7 Å². The Hall–Kier alpha value is -2.78. The molecule has 0 unspecified atom stereocenters. The summed E-state index contributed by atoms with van der Waals surface area (Å²) in [5.41, 5.74) is -0.367. The van der Waals surface area contributed by atoms with E-state index in [0.717, 1.165) is 0 Å². The van der Waals surface area contributed by atoms with E-state index in [1.807, 2.05) is 11.9 Å². The number of morpholine rings is 1. The first-order valence-electron chi connectivity index (χ1n) is 8.49. The Morgan fingerprint density at radius 3 is 2.74 bits per heavy atom. The van der Waals surface area contributed by atoms with Crippen molar-refractivity contribution in [2.24, 2.45) is 7.05 Å². The van der Waals surface area contributed by atoms with Crippen molar-refractivity contribution < 1.29 is 19.0 Å². The molecule has 3 rings (SSSR count). The predicted molar refractivity (Wildman–Crippen MR) is 94.9 cm³/mol. The predicted octanol–water partition coefficient (Wildman–Crippen LogP) is 0.558. The lowest BCUT2D eigenvalue weighted by molar-refractivity contribution is 0.000180. The van der Waals surface area contributed by atoms with Crippen LogP contribution in [0.25, 0.3) is 0 Å². The van der Waals surface area contributed by atoms with Gasteiger partial charge >= 0.3 is 0 Å². The SMILES string of the molecule is CN1CCOC[C@H]1c1nc(C(=O)NCc2ccc(F)cc2)c(O)c(=O)n1C. The van der Waals surface area contributed by atoms with Crippen molar-refractivity contribution in [3.05, 3.63) is 57.5 Å². The van der Waals surface area contributed by atoms with Crippen LogP contribution in [0.2, 0.25) is 0 Å². The third kappa shape index (κ3) is 3.99. The van der Waals surface area contributed by atoms with Crippen LogP contribution in [-0.4, -0.2) is 52.3 Å². The van der Waals surface area contributed by atoms with E-state index in [0.29, 0.717) is 31.1 Å². The minimum absolute atomic E-state index is 0.108. The second-order valence-electron chi connectivity index (χ2n) is 6.41. The molecule has 1 aliphatic rings. The molecule has 8 nitrogen and oxygen atoms in total. The van der Waals surface area contributed by atoms with E-state index in [1.54, 1.807) is 0 Å². The fraction of sp³-hybridized carbons (Fsp3) is 0.389. The Kier molecular flexibility index (Phi) is 5.52. The van der Waals surface area contributed by atoms with Crippen LogP contribution in [0.15, 0.2) is 29.1 Å². The molecule has 0 bridgehead atoms. The lowest BCUT2D eigenvalue weighted by Gasteiger charge is -2.32. The summed E-state index contributed by atoms with van der Waals surface area (Å²) in [6.45, 7) is 1.67. The smallest absolute Gasteiger partial charge is 0.296 e. The summed E-state index contributed by atoms with van der Waals surface area (Å²) < 4.78 is 19.6. The molecular weight excluding hydrogens is 355 g/mol. The highest BCUT2D eigenvalue weighted by Crippen LogP contribution is 2.22. The molecule has 9 heteroatoms. The molecule has 1 atom stereocenters. The van der Waals surface area contributed by atoms with E-state index in [2.05, 4.69) is 10.3 Å². The van der Waals surface area contributed by atoms with Crippen LogP contribution >= 0.6 is 0 Å². The van der Waals surface area contributed by atoms with Crippen LogP contribution in [0.5, 0.6) is 5.75 Å². The van der Waals surface area contributed by atoms with E-state index in [-0.39, 0.29) is 24.1 Å². The molecule has 1 aromatic heterocycles. The second kappa shape index (κ2) is 7.85. The summed E-state index contributed by atoms with van der Waals surface area (Å²) in [7, 11) is 3.37. The molecule has 0 aliphatic carbocycles. The van der Waals surface area contributed by atoms with Gasteiger partial charge in [-0.05, 0) is 24.7 Å². The van der Waals surface area contributed by atoms with Gasteiger partial charge in [-0.2, -0.15) is 0 Å². The van der Waals surface area contributed by atoms with Crippen molar-refractivity contribution in [2.75, 3.05) is 26.8 Å². The first-order chi connectivity index (χ1) is 12.9. The number of aromatic nitrogens is 2. The van der Waals surface area contributed by atoms with Crippen LogP contribution in [0, 0.1) is 5.82 Å². The first-order valence-corrected chi connectivity index (χ1v) is 8.49. The van der Waals surface area contributed by atoms with E-state index in [4.69, 9.17) is 4.74 Å². The number of carbonyl (C=O) groups is 1. The normalized spacial score (nSPS) is 17.7. The van der Waals surface area contributed by atoms with Crippen LogP contribution in [0.3, 0.4) is 0 Å². The lowest BCUT2D eigenvalue weighted by atomic mass is 10.2. The van der Waals surface area contributed by atoms with E-state index in [1.165, 1.54) is 35.9 Å². The summed E-state index contributed by atoms with van der Waals surface area (Å²) in [6, 6.07) is 5.33. The van der Waals surface area contributed by atoms with Gasteiger partial charge in [0.05, 0.1) is 19.3 Å². The zero-order valence-electron chi connectivity index (χ0n) is 15.1. The molecule has 2 aromatic rings. The van der Waals surface area contributed by atoms with Crippen molar-refractivity contribution in [1.82, 2.24) is 19.8 Å². The van der Waals surface area contributed by atoms with Gasteiger partial charge < -0.3 is 15.2 Å². The number of carbonyl (C=O) groups excluding carboxylic acids is 1. The number of rotatable bonds is 4. The number of benzene rings is 1. The highest BCUT2D eigenvalue weighted by Gasteiger charge is 2.28. The number of likely N-dealkylation sites (N-methyl/N-ethyl adjacent to an activating group) is 1. The molecule has 1 fully saturated rings. The molecule has 1 amide bonds. The minimum Gasteiger partial charge on any atom is -0.501 e. The first kappa shape index (κ1) is 19.0. The quantitative estimate of drug-likeness (QED) is 0.809. The zero-order valence-corrected chi connectivity index (χ0v) is 15.1. The number of hydrogen-bond acceptors (Lipinski definition) is 6. The number of hydrogen-bond donors (Lipinski definition) is 2. The second-order valence-corrected chi connectivity index (χ2v) is 6.41. The molecule has 2 heterocycles. The molecule has 1 saturated heterocycles. The van der Waals surface area contributed by atoms with Crippen molar-refractivity contribution in [3.8, 4) is 5.75 Å². The molecule has 0 saturated carbocycles. The van der Waals surface area contributed by atoms with Gasteiger partial charge in [0.15, 0.2) is 5.69 Å². The van der Waals surface area contributed by atoms with Gasteiger partial charge in [-0.3, -0.25) is 19.1 Å². The van der Waals surface area contributed by atoms with Crippen molar-refractivity contribution in [3.63, 3.8) is 0 Å². The van der Waals surface area contributed by atoms with Crippen molar-refractivity contribution in [1.29, 1.82) is 0 Å². The minimum atomic E-state index is -0.711. The van der Waals surface area contributed by atoms with Crippen LogP contribution in [0.4, 0.5) is 4.39 Å². The lowest BCUT2D eigenvalue weighted by Crippen LogP contribution is -2.41. The van der Waals surface area contributed by atoms with E-state index in [9.17, 15) is 19.1 Å². The standard InChI is InChI=1S/C18H21FN4O4/c1-22-7-8-27-10-13(22)16-21-14(15(24)18(26)23(16)2)17(25)20-9-11-3-5-12(19)6-4-11/h3-6,13,24H,7-10H2,1-2H3,(H,20,25)/t13-/m0/s1. The summed E-state index contributed by atoms with van der Waals surface area (Å²) in [4.78, 5) is 31.1. The number of ether oxygens (including phenoxy) is 1. The summed E-state index contributed by atoms with van der Waals surface area (Å²) in [5, 5.41) is 12.7. The Morgan fingerprint density at radius 2 is 2.07 bits per heavy atom. The van der Waals surface area contributed by atoms with Crippen LogP contribution in [0.1, 0.15) is 27.9 Å². The van der Waals surface area contributed by atoms with Gasteiger partial charge in [0.2, 0.25) is 5.75 Å². The molecule has 2 N–H and O–H groups in total. The molecule has 27 heavy (non-hydrogen) atoms. The molecule has 0 spiro atoms. The fourth-order valence-corrected chi connectivity index (χ4v) is 2.89. The van der Waals surface area contributed by atoms with Gasteiger partial charge in [0.25, 0.3) is 11.5 Å². The third-order valence-electron chi connectivity index (χ3n) is 4.58. The maximum atomic E-state index is 13.0. The zero-order chi connectivity index (χ0) is 19.6. The summed E-state index contributed by atoms with van der Waals surface area (Å²) in [6.07, 6.45) is 0. The van der Waals surface area contributed by atoms with Crippen molar-refractivity contribution >= 4 is 5.91 Å². The number of nitrogens with zero attached hydrogens (tertiary/aromatic N) is 3. The van der Waals surface area contributed by atoms with E-state index < -0.39 is 17.2 Å². The number of nitrogens with one attached hydrogen (secondary N) is 1. The Bertz CT molecular complexity index is 897. The molecule has 0 radical (unpaired) electrons. The van der Waals surface area contributed by atoms with Gasteiger partial charge in [-0.1, -0.05) is 12.1 Å². The number of halogens is 1. The average Bonchev–Trinajstić information content (AvgIpc) is 2.66. The highest BCUT2D eigenvalue weighted by molar-refractivity contribution is 5.94. The maximum absolute atomic E-state index is 13.0. The largest absolute Gasteiger partial charge is 0.501 e. The van der Waals surface area contributed by atoms with E-state index >= 15 is 0 Å². The maximum Gasteiger partial charge on any atom is 0.296 e. The Balaban J connectivity index is 1.86. The van der Waals surface area contributed by atoms with Gasteiger partial charge in [-0.25, -0.2) is 9.37 Å². The molecule has 1 aliphatic heterocycles. The number of amides is 1. The average molecular weight is 376 g/mol. The fourth-order valence-electron chi connectivity index (χ4n) is 2.89. The van der Waals surface area contributed by atoms with Gasteiger partial charge in [0, 0.05) is 20.1 Å². The summed E-state index contributed by atoms with van der Waals surface area (Å²) >= 11 is 0. The summed E-state index contributed by atoms with van der Waals surface area (Å²) in [5.74, 6) is -1.43. The van der Waals surface area contributed by atoms with Gasteiger partial charge in [-0.15, -0.1) is 0 Å². The Labute approximate surface area is 155 Å². The van der Waals surface area contributed by atoms with Gasteiger partial charge in [0.1, 0.15) is 11.6 Å². The van der Waals surface area contributed by atoms with Crippen LogP contribution < -0.4 is 10.9 Å². The highest BCUT2D eigenvalue weighted by atomic mass is 19.1. The van der Waals surface area contributed by atoms with Crippen molar-refractivity contribution in [2.45, 2.75) is 12.6 Å². The monoisotopic (exact) mass is 376 g/mol. The molecule has 144 valence electrons. The third-order valence-corrected chi connectivity index (χ3v) is 4.58. The molecule has 1 aromatic carbocycles.